The summed E-state index contributed by atoms with van der Waals surface area (Å²) >= 11 is 1.82. The second kappa shape index (κ2) is 9.01. The number of carbonyl (C=O) groups is 2. The topological polar surface area (TPSA) is 54.8 Å². The van der Waals surface area contributed by atoms with E-state index in [2.05, 4.69) is 4.74 Å². The highest BCUT2D eigenvalue weighted by atomic mass is 32.2. The number of fused-ring (bicyclic) bond motifs is 1. The van der Waals surface area contributed by atoms with Crippen LogP contribution in [0.25, 0.3) is 10.9 Å². The lowest BCUT2D eigenvalue weighted by molar-refractivity contribution is 0.0600. The molecule has 8 heteroatoms. The van der Waals surface area contributed by atoms with E-state index in [1.807, 2.05) is 58.7 Å². The summed E-state index contributed by atoms with van der Waals surface area (Å²) in [5, 5.41) is 1.01. The lowest BCUT2D eigenvalue weighted by Crippen LogP contribution is -2.46. The number of amides is 2. The van der Waals surface area contributed by atoms with Crippen molar-refractivity contribution in [2.24, 2.45) is 7.05 Å². The molecule has 0 bridgehead atoms. The minimum absolute atomic E-state index is 0.0636. The first-order valence-electron chi connectivity index (χ1n) is 10.0. The molecule has 2 aromatic carbocycles. The molecule has 162 valence electrons. The molecule has 0 aliphatic carbocycles. The summed E-state index contributed by atoms with van der Waals surface area (Å²) in [6.07, 6.45) is 1.97. The first-order chi connectivity index (χ1) is 15.0. The molecule has 1 aromatic heterocycles. The standard InChI is InChI=1S/C23H24FN3O3S/c1-25-8-7-16-13-19(5-6-21(16)25)27(23(29)26-9-11-31-12-10-26)15-18-4-3-17(14-20(18)24)22(28)30-2/h3-8,13-14H,9-12,15H2,1-2H3. The van der Waals surface area contributed by atoms with Gasteiger partial charge in [0.25, 0.3) is 0 Å². The molecule has 3 aromatic rings. The molecule has 0 saturated carbocycles. The average molecular weight is 442 g/mol. The number of thioether (sulfide) groups is 1. The molecule has 0 N–H and O–H groups in total. The SMILES string of the molecule is COC(=O)c1ccc(CN(C(=O)N2CCSCC2)c2ccc3c(ccn3C)c2)c(F)c1. The minimum Gasteiger partial charge on any atom is -0.465 e. The number of aromatic nitrogens is 1. The molecule has 1 aliphatic rings. The van der Waals surface area contributed by atoms with Crippen LogP contribution in [-0.4, -0.2) is 53.2 Å². The Bertz CT molecular complexity index is 1120. The summed E-state index contributed by atoms with van der Waals surface area (Å²) < 4.78 is 21.5. The van der Waals surface area contributed by atoms with Crippen molar-refractivity contribution in [3.63, 3.8) is 0 Å². The van der Waals surface area contributed by atoms with E-state index in [0.29, 0.717) is 24.3 Å². The zero-order valence-electron chi connectivity index (χ0n) is 17.5. The predicted octanol–water partition coefficient (Wildman–Crippen LogP) is 4.28. The largest absolute Gasteiger partial charge is 0.465 e. The molecule has 0 atom stereocenters. The van der Waals surface area contributed by atoms with Gasteiger partial charge in [-0.1, -0.05) is 6.07 Å². The van der Waals surface area contributed by atoms with Gasteiger partial charge in [0, 0.05) is 60.0 Å². The van der Waals surface area contributed by atoms with Gasteiger partial charge in [0.15, 0.2) is 0 Å². The van der Waals surface area contributed by atoms with Crippen molar-refractivity contribution in [2.75, 3.05) is 36.6 Å². The van der Waals surface area contributed by atoms with Gasteiger partial charge in [-0.3, -0.25) is 4.90 Å². The van der Waals surface area contributed by atoms with Crippen LogP contribution in [-0.2, 0) is 18.3 Å². The Balaban J connectivity index is 1.69. The molecule has 1 saturated heterocycles. The first-order valence-corrected chi connectivity index (χ1v) is 11.2. The highest BCUT2D eigenvalue weighted by Gasteiger charge is 2.25. The number of hydrogen-bond donors (Lipinski definition) is 0. The molecular formula is C23H24FN3O3S. The lowest BCUT2D eigenvalue weighted by atomic mass is 10.1. The maximum atomic E-state index is 14.8. The normalized spacial score (nSPS) is 14.0. The number of aryl methyl sites for hydroxylation is 1. The van der Waals surface area contributed by atoms with E-state index in [4.69, 9.17) is 0 Å². The predicted molar refractivity (Wildman–Crippen MR) is 121 cm³/mol. The van der Waals surface area contributed by atoms with Crippen LogP contribution in [0.4, 0.5) is 14.9 Å². The van der Waals surface area contributed by atoms with Crippen LogP contribution in [0.3, 0.4) is 0 Å². The molecule has 2 heterocycles. The minimum atomic E-state index is -0.598. The van der Waals surface area contributed by atoms with E-state index in [1.165, 1.54) is 19.2 Å². The van der Waals surface area contributed by atoms with Crippen molar-refractivity contribution < 1.29 is 18.7 Å². The second-order valence-electron chi connectivity index (χ2n) is 7.44. The maximum absolute atomic E-state index is 14.8. The molecule has 2 amide bonds. The number of hydrogen-bond acceptors (Lipinski definition) is 4. The van der Waals surface area contributed by atoms with Gasteiger partial charge in [-0.05, 0) is 36.4 Å². The van der Waals surface area contributed by atoms with Gasteiger partial charge in [0.2, 0.25) is 0 Å². The summed E-state index contributed by atoms with van der Waals surface area (Å²) in [6.45, 7) is 1.39. The number of esters is 1. The van der Waals surface area contributed by atoms with Crippen molar-refractivity contribution in [3.05, 3.63) is 65.6 Å². The summed E-state index contributed by atoms with van der Waals surface area (Å²) in [5.74, 6) is 0.633. The number of nitrogens with zero attached hydrogens (tertiary/aromatic N) is 3. The summed E-state index contributed by atoms with van der Waals surface area (Å²) in [5.41, 5.74) is 2.23. The molecule has 31 heavy (non-hydrogen) atoms. The van der Waals surface area contributed by atoms with Crippen molar-refractivity contribution in [1.82, 2.24) is 9.47 Å². The van der Waals surface area contributed by atoms with E-state index in [-0.39, 0.29) is 18.1 Å². The number of carbonyl (C=O) groups excluding carboxylic acids is 2. The Labute approximate surface area is 184 Å². The third kappa shape index (κ3) is 4.39. The van der Waals surface area contributed by atoms with Crippen LogP contribution in [0.15, 0.2) is 48.7 Å². The molecular weight excluding hydrogens is 417 g/mol. The van der Waals surface area contributed by atoms with E-state index < -0.39 is 11.8 Å². The number of halogens is 1. The molecule has 1 fully saturated rings. The zero-order valence-corrected chi connectivity index (χ0v) is 18.3. The van der Waals surface area contributed by atoms with Crippen LogP contribution in [0, 0.1) is 5.82 Å². The molecule has 0 unspecified atom stereocenters. The second-order valence-corrected chi connectivity index (χ2v) is 8.66. The molecule has 4 rings (SSSR count). The first kappa shape index (κ1) is 21.2. The van der Waals surface area contributed by atoms with Crippen molar-refractivity contribution in [2.45, 2.75) is 6.54 Å². The van der Waals surface area contributed by atoms with Crippen LogP contribution in [0.2, 0.25) is 0 Å². The van der Waals surface area contributed by atoms with Crippen LogP contribution in [0.5, 0.6) is 0 Å². The number of rotatable bonds is 4. The summed E-state index contributed by atoms with van der Waals surface area (Å²) in [6, 6.07) is 11.9. The highest BCUT2D eigenvalue weighted by Crippen LogP contribution is 2.27. The lowest BCUT2D eigenvalue weighted by Gasteiger charge is -2.33. The fourth-order valence-electron chi connectivity index (χ4n) is 3.72. The number of benzene rings is 2. The summed E-state index contributed by atoms with van der Waals surface area (Å²) in [4.78, 5) is 28.5. The highest BCUT2D eigenvalue weighted by molar-refractivity contribution is 7.99. The number of methoxy groups -OCH3 is 1. The van der Waals surface area contributed by atoms with Gasteiger partial charge < -0.3 is 14.2 Å². The maximum Gasteiger partial charge on any atom is 0.337 e. The van der Waals surface area contributed by atoms with Crippen LogP contribution in [0.1, 0.15) is 15.9 Å². The van der Waals surface area contributed by atoms with Crippen LogP contribution < -0.4 is 4.90 Å². The van der Waals surface area contributed by atoms with Gasteiger partial charge in [0.1, 0.15) is 5.82 Å². The monoisotopic (exact) mass is 441 g/mol. The molecule has 1 aliphatic heterocycles. The third-order valence-corrected chi connectivity index (χ3v) is 6.44. The zero-order chi connectivity index (χ0) is 22.0. The average Bonchev–Trinajstić information content (AvgIpc) is 3.17. The van der Waals surface area contributed by atoms with Crippen molar-refractivity contribution >= 4 is 40.4 Å². The Morgan fingerprint density at radius 1 is 1.13 bits per heavy atom. The Hall–Kier alpha value is -3.00. The van der Waals surface area contributed by atoms with Gasteiger partial charge >= 0.3 is 12.0 Å². The Kier molecular flexibility index (Phi) is 6.18. The van der Waals surface area contributed by atoms with E-state index in [1.54, 1.807) is 4.90 Å². The fourth-order valence-corrected chi connectivity index (χ4v) is 4.63. The molecule has 6 nitrogen and oxygen atoms in total. The third-order valence-electron chi connectivity index (χ3n) is 5.50. The summed E-state index contributed by atoms with van der Waals surface area (Å²) in [7, 11) is 3.22. The van der Waals surface area contributed by atoms with Gasteiger partial charge in [-0.2, -0.15) is 11.8 Å². The number of ether oxygens (including phenoxy) is 1. The molecule has 0 spiro atoms. The van der Waals surface area contributed by atoms with E-state index in [9.17, 15) is 14.0 Å². The van der Waals surface area contributed by atoms with E-state index >= 15 is 0 Å². The van der Waals surface area contributed by atoms with Gasteiger partial charge in [-0.25, -0.2) is 14.0 Å². The number of urea groups is 1. The Morgan fingerprint density at radius 3 is 2.61 bits per heavy atom. The Morgan fingerprint density at radius 2 is 1.90 bits per heavy atom. The fraction of sp³-hybridized carbons (Fsp3) is 0.304. The van der Waals surface area contributed by atoms with Gasteiger partial charge in [-0.15, -0.1) is 0 Å². The number of anilines is 1. The molecule has 0 radical (unpaired) electrons. The smallest absolute Gasteiger partial charge is 0.337 e. The van der Waals surface area contributed by atoms with Crippen molar-refractivity contribution in [1.29, 1.82) is 0 Å². The quantitative estimate of drug-likeness (QED) is 0.567. The van der Waals surface area contributed by atoms with Crippen LogP contribution >= 0.6 is 11.8 Å². The van der Waals surface area contributed by atoms with E-state index in [0.717, 1.165) is 28.5 Å². The van der Waals surface area contributed by atoms with Gasteiger partial charge in [0.05, 0.1) is 19.2 Å². The van der Waals surface area contributed by atoms with Crippen molar-refractivity contribution in [3.8, 4) is 0 Å².